The molecule has 1 saturated heterocycles. The first kappa shape index (κ1) is 14.4. The second kappa shape index (κ2) is 7.51. The van der Waals surface area contributed by atoms with Crippen molar-refractivity contribution in [3.63, 3.8) is 0 Å². The second-order valence-corrected chi connectivity index (χ2v) is 5.60. The van der Waals surface area contributed by atoms with Crippen LogP contribution in [0.2, 0.25) is 0 Å². The highest BCUT2D eigenvalue weighted by atomic mass is 16.3. The Hall–Kier alpha value is -1.06. The highest BCUT2D eigenvalue weighted by Gasteiger charge is 2.15. The van der Waals surface area contributed by atoms with Gasteiger partial charge in [0.2, 0.25) is 0 Å². The van der Waals surface area contributed by atoms with E-state index in [0.29, 0.717) is 12.1 Å². The topological polar surface area (TPSA) is 44.3 Å². The predicted octanol–water partition coefficient (Wildman–Crippen LogP) is 2.90. The van der Waals surface area contributed by atoms with Gasteiger partial charge in [0.05, 0.1) is 6.61 Å². The van der Waals surface area contributed by atoms with Gasteiger partial charge >= 0.3 is 0 Å². The number of aliphatic hydroxyl groups is 1. The van der Waals surface area contributed by atoms with Crippen LogP contribution in [-0.2, 0) is 6.61 Å². The summed E-state index contributed by atoms with van der Waals surface area (Å²) in [5.74, 6) is 0. The third-order valence-electron chi connectivity index (χ3n) is 3.89. The van der Waals surface area contributed by atoms with Gasteiger partial charge in [-0.25, -0.2) is 0 Å². The first-order chi connectivity index (χ1) is 9.29. The molecule has 2 atom stereocenters. The fourth-order valence-corrected chi connectivity index (χ4v) is 2.85. The van der Waals surface area contributed by atoms with Crippen LogP contribution in [0.1, 0.15) is 44.6 Å². The Morgan fingerprint density at radius 3 is 3.00 bits per heavy atom. The minimum absolute atomic E-state index is 0.0948. The van der Waals surface area contributed by atoms with E-state index in [2.05, 4.69) is 17.6 Å². The highest BCUT2D eigenvalue weighted by molar-refractivity contribution is 5.51. The van der Waals surface area contributed by atoms with Crippen molar-refractivity contribution in [1.29, 1.82) is 0 Å². The Labute approximate surface area is 116 Å². The molecule has 1 aliphatic heterocycles. The third kappa shape index (κ3) is 4.51. The molecule has 0 amide bonds. The summed E-state index contributed by atoms with van der Waals surface area (Å²) in [5, 5.41) is 16.5. The van der Waals surface area contributed by atoms with E-state index in [1.54, 1.807) is 0 Å². The van der Waals surface area contributed by atoms with Crippen LogP contribution in [0.15, 0.2) is 24.3 Å². The number of para-hydroxylation sites is 1. The van der Waals surface area contributed by atoms with E-state index in [9.17, 15) is 5.11 Å². The molecule has 0 spiro atoms. The Morgan fingerprint density at radius 2 is 2.16 bits per heavy atom. The summed E-state index contributed by atoms with van der Waals surface area (Å²) in [6.07, 6.45) is 6.44. The Kier molecular flexibility index (Phi) is 5.67. The third-order valence-corrected chi connectivity index (χ3v) is 3.89. The normalized spacial score (nSPS) is 21.7. The molecule has 3 N–H and O–H groups in total. The van der Waals surface area contributed by atoms with E-state index in [-0.39, 0.29) is 6.61 Å². The van der Waals surface area contributed by atoms with Crippen LogP contribution < -0.4 is 10.6 Å². The Morgan fingerprint density at radius 1 is 1.32 bits per heavy atom. The van der Waals surface area contributed by atoms with E-state index in [1.807, 2.05) is 24.3 Å². The molecular weight excluding hydrogens is 236 g/mol. The average Bonchev–Trinajstić information content (AvgIpc) is 2.68. The van der Waals surface area contributed by atoms with Crippen LogP contribution in [0.25, 0.3) is 0 Å². The van der Waals surface area contributed by atoms with Crippen LogP contribution in [0.5, 0.6) is 0 Å². The average molecular weight is 262 g/mol. The van der Waals surface area contributed by atoms with Crippen molar-refractivity contribution in [2.45, 2.75) is 57.7 Å². The van der Waals surface area contributed by atoms with Crippen molar-refractivity contribution in [2.75, 3.05) is 11.9 Å². The molecule has 0 aliphatic carbocycles. The monoisotopic (exact) mass is 262 g/mol. The molecule has 106 valence electrons. The van der Waals surface area contributed by atoms with E-state index >= 15 is 0 Å². The van der Waals surface area contributed by atoms with Gasteiger partial charge in [-0.15, -0.1) is 0 Å². The molecule has 1 fully saturated rings. The molecule has 2 unspecified atom stereocenters. The molecule has 2 rings (SSSR count). The number of hydrogen-bond donors (Lipinski definition) is 3. The van der Waals surface area contributed by atoms with Gasteiger partial charge in [0.25, 0.3) is 0 Å². The smallest absolute Gasteiger partial charge is 0.0701 e. The Bertz CT molecular complexity index is 373. The van der Waals surface area contributed by atoms with Gasteiger partial charge in [-0.1, -0.05) is 31.0 Å². The first-order valence-electron chi connectivity index (χ1n) is 7.48. The molecule has 1 aliphatic rings. The maximum atomic E-state index is 9.34. The number of anilines is 1. The van der Waals surface area contributed by atoms with Crippen molar-refractivity contribution in [2.24, 2.45) is 0 Å². The van der Waals surface area contributed by atoms with Gasteiger partial charge < -0.3 is 15.7 Å². The molecule has 0 radical (unpaired) electrons. The van der Waals surface area contributed by atoms with E-state index in [4.69, 9.17) is 0 Å². The lowest BCUT2D eigenvalue weighted by Crippen LogP contribution is -2.33. The molecule has 19 heavy (non-hydrogen) atoms. The van der Waals surface area contributed by atoms with Crippen LogP contribution in [0.3, 0.4) is 0 Å². The van der Waals surface area contributed by atoms with Gasteiger partial charge in [-0.05, 0) is 38.8 Å². The zero-order valence-corrected chi connectivity index (χ0v) is 11.9. The fourth-order valence-electron chi connectivity index (χ4n) is 2.85. The minimum atomic E-state index is 0.0948. The Balaban J connectivity index is 1.87. The molecule has 0 bridgehead atoms. The van der Waals surface area contributed by atoms with Gasteiger partial charge in [0.1, 0.15) is 0 Å². The molecule has 0 saturated carbocycles. The van der Waals surface area contributed by atoms with Crippen LogP contribution in [0.4, 0.5) is 5.69 Å². The summed E-state index contributed by atoms with van der Waals surface area (Å²) in [5.41, 5.74) is 2.04. The summed E-state index contributed by atoms with van der Waals surface area (Å²) < 4.78 is 0. The number of nitrogens with one attached hydrogen (secondary N) is 2. The summed E-state index contributed by atoms with van der Waals surface area (Å²) >= 11 is 0. The van der Waals surface area contributed by atoms with Crippen LogP contribution in [0, 0.1) is 0 Å². The molecular formula is C16H26N2O. The SMILES string of the molecule is CC(CC1CCCCCN1)Nc1ccccc1CO. The highest BCUT2D eigenvalue weighted by Crippen LogP contribution is 2.19. The van der Waals surface area contributed by atoms with Crippen LogP contribution in [-0.4, -0.2) is 23.7 Å². The summed E-state index contributed by atoms with van der Waals surface area (Å²) in [6, 6.07) is 9.04. The summed E-state index contributed by atoms with van der Waals surface area (Å²) in [4.78, 5) is 0. The molecule has 3 heteroatoms. The van der Waals surface area contributed by atoms with E-state index < -0.39 is 0 Å². The van der Waals surface area contributed by atoms with Gasteiger partial charge in [0, 0.05) is 23.3 Å². The minimum Gasteiger partial charge on any atom is -0.392 e. The lowest BCUT2D eigenvalue weighted by Gasteiger charge is -2.23. The van der Waals surface area contributed by atoms with Crippen molar-refractivity contribution in [1.82, 2.24) is 5.32 Å². The zero-order valence-electron chi connectivity index (χ0n) is 11.9. The maximum Gasteiger partial charge on any atom is 0.0701 e. The van der Waals surface area contributed by atoms with Crippen molar-refractivity contribution in [3.8, 4) is 0 Å². The van der Waals surface area contributed by atoms with Gasteiger partial charge in [-0.2, -0.15) is 0 Å². The summed E-state index contributed by atoms with van der Waals surface area (Å²) in [7, 11) is 0. The van der Waals surface area contributed by atoms with Crippen molar-refractivity contribution >= 4 is 5.69 Å². The van der Waals surface area contributed by atoms with Crippen molar-refractivity contribution in [3.05, 3.63) is 29.8 Å². The zero-order chi connectivity index (χ0) is 13.5. The lowest BCUT2D eigenvalue weighted by molar-refractivity contribution is 0.282. The standard InChI is InChI=1S/C16H26N2O/c1-13(11-15-8-3-2-6-10-17-15)18-16-9-5-4-7-14(16)12-19/h4-5,7,9,13,15,17-19H,2-3,6,8,10-12H2,1H3. The first-order valence-corrected chi connectivity index (χ1v) is 7.48. The van der Waals surface area contributed by atoms with E-state index in [1.165, 1.54) is 25.7 Å². The van der Waals surface area contributed by atoms with Gasteiger partial charge in [-0.3, -0.25) is 0 Å². The lowest BCUT2D eigenvalue weighted by atomic mass is 10.0. The second-order valence-electron chi connectivity index (χ2n) is 5.60. The largest absolute Gasteiger partial charge is 0.392 e. The predicted molar refractivity (Wildman–Crippen MR) is 80.3 cm³/mol. The molecule has 0 aromatic heterocycles. The molecule has 3 nitrogen and oxygen atoms in total. The van der Waals surface area contributed by atoms with Crippen molar-refractivity contribution < 1.29 is 5.11 Å². The molecule has 1 aromatic rings. The molecule has 1 heterocycles. The summed E-state index contributed by atoms with van der Waals surface area (Å²) in [6.45, 7) is 3.48. The molecule has 1 aromatic carbocycles. The van der Waals surface area contributed by atoms with E-state index in [0.717, 1.165) is 24.2 Å². The quantitative estimate of drug-likeness (QED) is 0.764. The number of aliphatic hydroxyl groups excluding tert-OH is 1. The maximum absolute atomic E-state index is 9.34. The fraction of sp³-hybridized carbons (Fsp3) is 0.625. The van der Waals surface area contributed by atoms with Crippen LogP contribution >= 0.6 is 0 Å². The number of benzene rings is 1. The number of hydrogen-bond acceptors (Lipinski definition) is 3. The van der Waals surface area contributed by atoms with Gasteiger partial charge in [0.15, 0.2) is 0 Å². The number of rotatable bonds is 5.